The van der Waals surface area contributed by atoms with Crippen molar-refractivity contribution in [3.05, 3.63) is 59.7 Å². The third kappa shape index (κ3) is 5.53. The second-order valence-electron chi connectivity index (χ2n) is 5.32. The molecule has 2 aromatic carbocycles. The molecule has 2 aromatic rings. The smallest absolute Gasteiger partial charge is 0.261 e. The van der Waals surface area contributed by atoms with Gasteiger partial charge in [0.25, 0.3) is 5.91 Å². The topological polar surface area (TPSA) is 69.1 Å². The van der Waals surface area contributed by atoms with E-state index in [4.69, 9.17) is 14.3 Å². The van der Waals surface area contributed by atoms with E-state index >= 15 is 0 Å². The minimum absolute atomic E-state index is 0.0974. The van der Waals surface area contributed by atoms with Gasteiger partial charge in [-0.05, 0) is 30.7 Å². The lowest BCUT2D eigenvalue weighted by molar-refractivity contribution is -0.126. The first-order valence-corrected chi connectivity index (χ1v) is 7.85. The molecule has 0 fully saturated rings. The van der Waals surface area contributed by atoms with Crippen molar-refractivity contribution in [2.75, 3.05) is 20.8 Å². The number of hydrogen-bond acceptors (Lipinski definition) is 5. The molecule has 1 N–H and O–H groups in total. The van der Waals surface area contributed by atoms with Crippen LogP contribution in [0.5, 0.6) is 11.5 Å². The van der Waals surface area contributed by atoms with E-state index in [1.165, 1.54) is 6.21 Å². The fourth-order valence-corrected chi connectivity index (χ4v) is 2.24. The summed E-state index contributed by atoms with van der Waals surface area (Å²) in [6.07, 6.45) is 1.48. The number of hydrogen-bond donors (Lipinski definition) is 1. The average Bonchev–Trinajstić information content (AvgIpc) is 2.65. The summed E-state index contributed by atoms with van der Waals surface area (Å²) < 4.78 is 10.4. The fourth-order valence-electron chi connectivity index (χ4n) is 2.24. The zero-order chi connectivity index (χ0) is 18.1. The molecule has 0 spiro atoms. The maximum absolute atomic E-state index is 11.9. The van der Waals surface area contributed by atoms with Gasteiger partial charge in [0, 0.05) is 5.56 Å². The molecule has 0 aromatic heterocycles. The summed E-state index contributed by atoms with van der Waals surface area (Å²) in [5.41, 5.74) is 1.72. The zero-order valence-corrected chi connectivity index (χ0v) is 14.6. The summed E-state index contributed by atoms with van der Waals surface area (Å²) in [7, 11) is 3.15. The van der Waals surface area contributed by atoms with Crippen molar-refractivity contribution in [1.82, 2.24) is 5.32 Å². The molecule has 0 heterocycles. The van der Waals surface area contributed by atoms with Gasteiger partial charge in [0.2, 0.25) is 0 Å². The van der Waals surface area contributed by atoms with Crippen molar-refractivity contribution in [3.63, 3.8) is 0 Å². The summed E-state index contributed by atoms with van der Waals surface area (Å²) in [5.74, 6) is 1.07. The molecule has 1 atom stereocenters. The minimum atomic E-state index is -0.244. The van der Waals surface area contributed by atoms with Crippen LogP contribution in [0.2, 0.25) is 0 Å². The van der Waals surface area contributed by atoms with Gasteiger partial charge in [-0.3, -0.25) is 4.79 Å². The molecular formula is C19H22N2O4. The Hall–Kier alpha value is -3.02. The number of oxime groups is 1. The summed E-state index contributed by atoms with van der Waals surface area (Å²) in [5, 5.41) is 6.68. The number of methoxy groups -OCH3 is 2. The molecule has 1 amide bonds. The van der Waals surface area contributed by atoms with Gasteiger partial charge in [-0.2, -0.15) is 0 Å². The van der Waals surface area contributed by atoms with Gasteiger partial charge in [-0.1, -0.05) is 35.5 Å². The van der Waals surface area contributed by atoms with Crippen LogP contribution in [0.1, 0.15) is 24.1 Å². The molecule has 2 rings (SSSR count). The lowest BCUT2D eigenvalue weighted by Crippen LogP contribution is -2.29. The highest BCUT2D eigenvalue weighted by atomic mass is 16.6. The fraction of sp³-hybridized carbons (Fsp3) is 0.263. The number of nitrogens with zero attached hydrogens (tertiary/aromatic N) is 1. The van der Waals surface area contributed by atoms with E-state index in [0.29, 0.717) is 17.1 Å². The van der Waals surface area contributed by atoms with Gasteiger partial charge in [0.05, 0.1) is 26.5 Å². The molecule has 0 aliphatic rings. The van der Waals surface area contributed by atoms with Crippen LogP contribution in [0.3, 0.4) is 0 Å². The van der Waals surface area contributed by atoms with Gasteiger partial charge in [-0.25, -0.2) is 0 Å². The first-order chi connectivity index (χ1) is 12.1. The van der Waals surface area contributed by atoms with Crippen molar-refractivity contribution >= 4 is 12.1 Å². The van der Waals surface area contributed by atoms with Gasteiger partial charge in [0.15, 0.2) is 6.61 Å². The van der Waals surface area contributed by atoms with Crippen LogP contribution in [0.4, 0.5) is 0 Å². The van der Waals surface area contributed by atoms with Crippen LogP contribution in [0.15, 0.2) is 53.7 Å². The van der Waals surface area contributed by atoms with Crippen LogP contribution < -0.4 is 14.8 Å². The van der Waals surface area contributed by atoms with Crippen molar-refractivity contribution in [1.29, 1.82) is 0 Å². The normalized spacial score (nSPS) is 11.8. The Morgan fingerprint density at radius 2 is 1.92 bits per heavy atom. The van der Waals surface area contributed by atoms with E-state index in [-0.39, 0.29) is 18.6 Å². The Bertz CT molecular complexity index is 717. The summed E-state index contributed by atoms with van der Waals surface area (Å²) in [6, 6.07) is 14.9. The monoisotopic (exact) mass is 342 g/mol. The lowest BCUT2D eigenvalue weighted by atomic mass is 10.1. The Balaban J connectivity index is 1.85. The van der Waals surface area contributed by atoms with Crippen LogP contribution >= 0.6 is 0 Å². The zero-order valence-electron chi connectivity index (χ0n) is 14.6. The maximum Gasteiger partial charge on any atom is 0.261 e. The van der Waals surface area contributed by atoms with E-state index in [1.54, 1.807) is 32.4 Å². The second-order valence-corrected chi connectivity index (χ2v) is 5.32. The number of carbonyl (C=O) groups is 1. The summed E-state index contributed by atoms with van der Waals surface area (Å²) in [6.45, 7) is 1.75. The van der Waals surface area contributed by atoms with Gasteiger partial charge in [-0.15, -0.1) is 0 Å². The number of benzene rings is 2. The van der Waals surface area contributed by atoms with E-state index in [2.05, 4.69) is 10.5 Å². The molecule has 6 heteroatoms. The molecule has 0 aliphatic heterocycles. The highest BCUT2D eigenvalue weighted by Crippen LogP contribution is 2.22. The van der Waals surface area contributed by atoms with Gasteiger partial charge >= 0.3 is 0 Å². The number of rotatable bonds is 8. The number of carbonyl (C=O) groups excluding carboxylic acids is 1. The van der Waals surface area contributed by atoms with E-state index in [0.717, 1.165) is 5.56 Å². The van der Waals surface area contributed by atoms with Crippen LogP contribution in [-0.2, 0) is 9.63 Å². The van der Waals surface area contributed by atoms with Gasteiger partial charge in [0.1, 0.15) is 11.5 Å². The number of nitrogens with one attached hydrogen (secondary N) is 1. The first kappa shape index (κ1) is 18.3. The number of amides is 1. The molecule has 6 nitrogen and oxygen atoms in total. The third-order valence-electron chi connectivity index (χ3n) is 3.58. The molecule has 0 radical (unpaired) electrons. The van der Waals surface area contributed by atoms with Crippen LogP contribution in [0.25, 0.3) is 0 Å². The molecule has 0 aliphatic carbocycles. The summed E-state index contributed by atoms with van der Waals surface area (Å²) >= 11 is 0. The van der Waals surface area contributed by atoms with E-state index < -0.39 is 0 Å². The molecule has 0 saturated carbocycles. The highest BCUT2D eigenvalue weighted by molar-refractivity contribution is 5.84. The van der Waals surface area contributed by atoms with Crippen LogP contribution in [-0.4, -0.2) is 32.9 Å². The molecule has 1 unspecified atom stereocenters. The molecule has 132 valence electrons. The third-order valence-corrected chi connectivity index (χ3v) is 3.58. The van der Waals surface area contributed by atoms with Crippen LogP contribution in [0, 0.1) is 0 Å². The maximum atomic E-state index is 11.9. The molecule has 0 saturated heterocycles. The minimum Gasteiger partial charge on any atom is -0.497 e. The van der Waals surface area contributed by atoms with Gasteiger partial charge < -0.3 is 19.6 Å². The molecular weight excluding hydrogens is 320 g/mol. The predicted molar refractivity (Wildman–Crippen MR) is 96.1 cm³/mol. The summed E-state index contributed by atoms with van der Waals surface area (Å²) in [4.78, 5) is 17.0. The lowest BCUT2D eigenvalue weighted by Gasteiger charge is -2.13. The molecule has 25 heavy (non-hydrogen) atoms. The number of ether oxygens (including phenoxy) is 2. The Labute approximate surface area is 147 Å². The van der Waals surface area contributed by atoms with E-state index in [9.17, 15) is 4.79 Å². The Morgan fingerprint density at radius 1 is 1.16 bits per heavy atom. The highest BCUT2D eigenvalue weighted by Gasteiger charge is 2.09. The first-order valence-electron chi connectivity index (χ1n) is 7.85. The SMILES string of the molecule is COc1ccc(OC)c(/C=N/OCC(=O)NC(C)c2ccccc2)c1. The standard InChI is InChI=1S/C19H22N2O4/c1-14(15-7-5-4-6-8-15)21-19(22)13-25-20-12-16-11-17(23-2)9-10-18(16)24-3/h4-12,14H,13H2,1-3H3,(H,21,22)/b20-12+. The Morgan fingerprint density at radius 3 is 2.60 bits per heavy atom. The predicted octanol–water partition coefficient (Wildman–Crippen LogP) is 2.93. The molecule has 0 bridgehead atoms. The largest absolute Gasteiger partial charge is 0.497 e. The van der Waals surface area contributed by atoms with Crippen molar-refractivity contribution in [2.45, 2.75) is 13.0 Å². The average molecular weight is 342 g/mol. The second kappa shape index (κ2) is 9.32. The van der Waals surface area contributed by atoms with E-state index in [1.807, 2.05) is 37.3 Å². The van der Waals surface area contributed by atoms with Crippen molar-refractivity contribution in [2.24, 2.45) is 5.16 Å². The Kier molecular flexibility index (Phi) is 6.83. The van der Waals surface area contributed by atoms with Crippen molar-refractivity contribution < 1.29 is 19.1 Å². The van der Waals surface area contributed by atoms with Crippen molar-refractivity contribution in [3.8, 4) is 11.5 Å². The quantitative estimate of drug-likeness (QED) is 0.591.